The summed E-state index contributed by atoms with van der Waals surface area (Å²) in [4.78, 5) is 14.2. The number of aromatic amines is 1. The highest BCUT2D eigenvalue weighted by atomic mass is 19.2. The second kappa shape index (κ2) is 3.26. The minimum Gasteiger partial charge on any atom is -0.355 e. The number of hydrogen-bond donors (Lipinski definition) is 2. The predicted molar refractivity (Wildman–Crippen MR) is 54.2 cm³/mol. The molecule has 1 amide bonds. The van der Waals surface area contributed by atoms with Crippen molar-refractivity contribution in [2.24, 2.45) is 0 Å². The van der Waals surface area contributed by atoms with E-state index in [4.69, 9.17) is 0 Å². The smallest absolute Gasteiger partial charge is 0.253 e. The van der Waals surface area contributed by atoms with Gasteiger partial charge in [-0.25, -0.2) is 13.2 Å². The van der Waals surface area contributed by atoms with Gasteiger partial charge < -0.3 is 10.3 Å². The van der Waals surface area contributed by atoms with Crippen molar-refractivity contribution in [2.75, 3.05) is 6.54 Å². The highest BCUT2D eigenvalue weighted by Gasteiger charge is 2.26. The molecule has 0 atom stereocenters. The fourth-order valence-electron chi connectivity index (χ4n) is 2.13. The summed E-state index contributed by atoms with van der Waals surface area (Å²) in [6, 6.07) is 0.841. The molecule has 0 saturated heterocycles. The van der Waals surface area contributed by atoms with Crippen molar-refractivity contribution < 1.29 is 18.0 Å². The van der Waals surface area contributed by atoms with Gasteiger partial charge in [-0.1, -0.05) is 0 Å². The van der Waals surface area contributed by atoms with Crippen LogP contribution >= 0.6 is 0 Å². The maximum atomic E-state index is 13.5. The number of aromatic nitrogens is 1. The molecule has 3 rings (SSSR count). The molecule has 1 aromatic carbocycles. The number of benzene rings is 1. The van der Waals surface area contributed by atoms with Crippen molar-refractivity contribution in [3.63, 3.8) is 0 Å². The number of H-pyrrole nitrogens is 1. The Bertz CT molecular complexity index is 648. The Balaban J connectivity index is 2.44. The fraction of sp³-hybridized carbons (Fsp3) is 0.182. The lowest BCUT2D eigenvalue weighted by molar-refractivity contribution is 0.0947. The van der Waals surface area contributed by atoms with Crippen LogP contribution in [0.2, 0.25) is 0 Å². The number of amides is 1. The molecule has 0 bridgehead atoms. The van der Waals surface area contributed by atoms with E-state index in [2.05, 4.69) is 10.3 Å². The summed E-state index contributed by atoms with van der Waals surface area (Å²) in [5.74, 6) is -4.52. The molecule has 0 unspecified atom stereocenters. The molecule has 0 fully saturated rings. The van der Waals surface area contributed by atoms with Crippen LogP contribution in [0.5, 0.6) is 0 Å². The first-order valence-electron chi connectivity index (χ1n) is 5.06. The van der Waals surface area contributed by atoms with E-state index in [1.807, 2.05) is 0 Å². The van der Waals surface area contributed by atoms with Gasteiger partial charge in [0.05, 0.1) is 11.1 Å². The Morgan fingerprint density at radius 3 is 2.71 bits per heavy atom. The van der Waals surface area contributed by atoms with Crippen LogP contribution in [0.25, 0.3) is 10.9 Å². The van der Waals surface area contributed by atoms with Gasteiger partial charge in [0.25, 0.3) is 5.91 Å². The summed E-state index contributed by atoms with van der Waals surface area (Å²) in [5, 5.41) is 2.65. The molecule has 0 radical (unpaired) electrons. The highest BCUT2D eigenvalue weighted by molar-refractivity contribution is 6.09. The van der Waals surface area contributed by atoms with Gasteiger partial charge in [-0.3, -0.25) is 4.79 Å². The van der Waals surface area contributed by atoms with E-state index in [1.54, 1.807) is 0 Å². The van der Waals surface area contributed by atoms with Crippen LogP contribution in [0.1, 0.15) is 16.1 Å². The van der Waals surface area contributed by atoms with Crippen LogP contribution in [0.15, 0.2) is 6.07 Å². The first kappa shape index (κ1) is 10.2. The molecule has 1 aromatic heterocycles. The maximum absolute atomic E-state index is 13.5. The van der Waals surface area contributed by atoms with Gasteiger partial charge in [-0.15, -0.1) is 0 Å². The number of halogens is 3. The molecule has 0 saturated carbocycles. The molecular weight excluding hydrogens is 233 g/mol. The zero-order valence-corrected chi connectivity index (χ0v) is 8.53. The van der Waals surface area contributed by atoms with E-state index in [-0.39, 0.29) is 16.5 Å². The van der Waals surface area contributed by atoms with Crippen LogP contribution in [0, 0.1) is 17.5 Å². The molecular formula is C11H7F3N2O. The summed E-state index contributed by atoms with van der Waals surface area (Å²) in [6.45, 7) is 0.422. The summed E-state index contributed by atoms with van der Waals surface area (Å²) in [6.07, 6.45) is 0.485. The Morgan fingerprint density at radius 2 is 1.94 bits per heavy atom. The zero-order valence-electron chi connectivity index (χ0n) is 8.53. The minimum absolute atomic E-state index is 0.0774. The van der Waals surface area contributed by atoms with Crippen LogP contribution in [-0.4, -0.2) is 17.4 Å². The van der Waals surface area contributed by atoms with Crippen LogP contribution in [0.3, 0.4) is 0 Å². The van der Waals surface area contributed by atoms with E-state index in [0.29, 0.717) is 18.7 Å². The third-order valence-electron chi connectivity index (χ3n) is 2.90. The minimum atomic E-state index is -1.53. The van der Waals surface area contributed by atoms with Gasteiger partial charge in [-0.05, 0) is 6.07 Å². The van der Waals surface area contributed by atoms with E-state index >= 15 is 0 Å². The lowest BCUT2D eigenvalue weighted by atomic mass is 10.1. The van der Waals surface area contributed by atoms with Crippen molar-refractivity contribution in [3.8, 4) is 0 Å². The summed E-state index contributed by atoms with van der Waals surface area (Å²) in [7, 11) is 0. The van der Waals surface area contributed by atoms with Gasteiger partial charge in [-0.2, -0.15) is 0 Å². The van der Waals surface area contributed by atoms with Gasteiger partial charge in [0, 0.05) is 24.0 Å². The number of carbonyl (C=O) groups is 1. The Hall–Kier alpha value is -1.98. The SMILES string of the molecule is O=C1NCCc2[nH]c3c(F)c(F)c(F)cc3c21. The van der Waals surface area contributed by atoms with Crippen molar-refractivity contribution >= 4 is 16.8 Å². The van der Waals surface area contributed by atoms with E-state index < -0.39 is 23.4 Å². The quantitative estimate of drug-likeness (QED) is 0.678. The van der Waals surface area contributed by atoms with E-state index in [9.17, 15) is 18.0 Å². The normalized spacial score (nSPS) is 14.9. The molecule has 1 aliphatic heterocycles. The first-order chi connectivity index (χ1) is 8.09. The first-order valence-corrected chi connectivity index (χ1v) is 5.06. The monoisotopic (exact) mass is 240 g/mol. The summed E-state index contributed by atoms with van der Waals surface area (Å²) >= 11 is 0. The van der Waals surface area contributed by atoms with Crippen LogP contribution in [0.4, 0.5) is 13.2 Å². The number of fused-ring (bicyclic) bond motifs is 3. The Morgan fingerprint density at radius 1 is 1.18 bits per heavy atom. The second-order valence-electron chi connectivity index (χ2n) is 3.89. The van der Waals surface area contributed by atoms with Crippen LogP contribution < -0.4 is 5.32 Å². The molecule has 1 aliphatic rings. The summed E-state index contributed by atoms with van der Waals surface area (Å²) < 4.78 is 39.7. The standard InChI is InChI=1S/C11H7F3N2O/c12-5-3-4-7-6(1-2-15-11(7)17)16-10(4)9(14)8(5)13/h3,16H,1-2H2,(H,15,17). The number of carbonyl (C=O) groups excluding carboxylic acids is 1. The number of nitrogens with one attached hydrogen (secondary N) is 2. The third kappa shape index (κ3) is 1.26. The maximum Gasteiger partial charge on any atom is 0.253 e. The molecule has 2 N–H and O–H groups in total. The highest BCUT2D eigenvalue weighted by Crippen LogP contribution is 2.29. The molecule has 88 valence electrons. The number of rotatable bonds is 0. The fourth-order valence-corrected chi connectivity index (χ4v) is 2.13. The molecule has 6 heteroatoms. The van der Waals surface area contributed by atoms with Crippen molar-refractivity contribution in [3.05, 3.63) is 34.8 Å². The molecule has 3 nitrogen and oxygen atoms in total. The number of hydrogen-bond acceptors (Lipinski definition) is 1. The molecule has 0 aliphatic carbocycles. The van der Waals surface area contributed by atoms with Gasteiger partial charge in [0.1, 0.15) is 0 Å². The lowest BCUT2D eigenvalue weighted by Gasteiger charge is -2.11. The van der Waals surface area contributed by atoms with Crippen molar-refractivity contribution in [1.29, 1.82) is 0 Å². The van der Waals surface area contributed by atoms with Gasteiger partial charge in [0.2, 0.25) is 0 Å². The van der Waals surface area contributed by atoms with Gasteiger partial charge >= 0.3 is 0 Å². The average molecular weight is 240 g/mol. The van der Waals surface area contributed by atoms with E-state index in [1.165, 1.54) is 0 Å². The Labute approximate surface area is 93.6 Å². The zero-order chi connectivity index (χ0) is 12.2. The van der Waals surface area contributed by atoms with Crippen molar-refractivity contribution in [2.45, 2.75) is 6.42 Å². The van der Waals surface area contributed by atoms with Crippen molar-refractivity contribution in [1.82, 2.24) is 10.3 Å². The molecule has 17 heavy (non-hydrogen) atoms. The lowest BCUT2D eigenvalue weighted by Crippen LogP contribution is -2.31. The molecule has 2 aromatic rings. The average Bonchev–Trinajstić information content (AvgIpc) is 2.66. The molecule has 2 heterocycles. The summed E-state index contributed by atoms with van der Waals surface area (Å²) in [5.41, 5.74) is 0.544. The third-order valence-corrected chi connectivity index (χ3v) is 2.90. The predicted octanol–water partition coefficient (Wildman–Crippen LogP) is 1.87. The van der Waals surface area contributed by atoms with Gasteiger partial charge in [0.15, 0.2) is 17.5 Å². The second-order valence-corrected chi connectivity index (χ2v) is 3.89. The topological polar surface area (TPSA) is 44.9 Å². The largest absolute Gasteiger partial charge is 0.355 e. The van der Waals surface area contributed by atoms with E-state index in [0.717, 1.165) is 6.07 Å². The Kier molecular flexibility index (Phi) is 1.95. The molecule has 0 spiro atoms. The van der Waals surface area contributed by atoms with Crippen LogP contribution in [-0.2, 0) is 6.42 Å².